The molecule has 0 atom stereocenters. The van der Waals surface area contributed by atoms with E-state index in [0.29, 0.717) is 45.6 Å². The fourth-order valence-corrected chi connectivity index (χ4v) is 5.88. The summed E-state index contributed by atoms with van der Waals surface area (Å²) in [5, 5.41) is 1.01. The molecule has 1 fully saturated rings. The van der Waals surface area contributed by atoms with Gasteiger partial charge >= 0.3 is 0 Å². The zero-order chi connectivity index (χ0) is 19.1. The average Bonchev–Trinajstić information content (AvgIpc) is 2.60. The highest BCUT2D eigenvalue weighted by molar-refractivity contribution is 9.10. The third-order valence-electron chi connectivity index (χ3n) is 4.67. The predicted octanol–water partition coefficient (Wildman–Crippen LogP) is 4.88. The number of benzene rings is 2. The number of sulfonamides is 1. The molecule has 1 aliphatic rings. The molecule has 1 heterocycles. The van der Waals surface area contributed by atoms with E-state index in [-0.39, 0.29) is 0 Å². The minimum atomic E-state index is -3.54. The van der Waals surface area contributed by atoms with Crippen molar-refractivity contribution in [2.45, 2.75) is 18.7 Å². The Morgan fingerprint density at radius 3 is 2.15 bits per heavy atom. The van der Waals surface area contributed by atoms with E-state index >= 15 is 0 Å². The molecule has 2 aromatic carbocycles. The lowest BCUT2D eigenvalue weighted by atomic mass is 10.1. The van der Waals surface area contributed by atoms with Gasteiger partial charge in [-0.25, -0.2) is 8.42 Å². The third kappa shape index (κ3) is 3.90. The smallest absolute Gasteiger partial charge is 0.244 e. The summed E-state index contributed by atoms with van der Waals surface area (Å²) in [7, 11) is -3.54. The van der Waals surface area contributed by atoms with Gasteiger partial charge in [-0.1, -0.05) is 23.2 Å². The molecule has 1 aliphatic heterocycles. The van der Waals surface area contributed by atoms with E-state index in [2.05, 4.69) is 20.8 Å². The van der Waals surface area contributed by atoms with Crippen molar-refractivity contribution >= 4 is 54.8 Å². The third-order valence-corrected chi connectivity index (χ3v) is 8.27. The molecule has 1 saturated heterocycles. The lowest BCUT2D eigenvalue weighted by Gasteiger charge is -2.35. The number of hydrogen-bond acceptors (Lipinski definition) is 3. The second-order valence-corrected chi connectivity index (χ2v) is 9.93. The van der Waals surface area contributed by atoms with Gasteiger partial charge in [-0.3, -0.25) is 0 Å². The summed E-state index contributed by atoms with van der Waals surface area (Å²) in [6.45, 7) is 5.92. The van der Waals surface area contributed by atoms with Crippen LogP contribution in [0.3, 0.4) is 0 Å². The van der Waals surface area contributed by atoms with Crippen LogP contribution in [-0.4, -0.2) is 38.9 Å². The van der Waals surface area contributed by atoms with Crippen molar-refractivity contribution in [3.63, 3.8) is 0 Å². The summed E-state index contributed by atoms with van der Waals surface area (Å²) in [5.74, 6) is 0. The summed E-state index contributed by atoms with van der Waals surface area (Å²) < 4.78 is 28.2. The zero-order valence-electron chi connectivity index (χ0n) is 14.5. The molecule has 4 nitrogen and oxygen atoms in total. The first-order chi connectivity index (χ1) is 12.2. The van der Waals surface area contributed by atoms with Crippen LogP contribution in [0.4, 0.5) is 5.69 Å². The summed E-state index contributed by atoms with van der Waals surface area (Å²) >= 11 is 15.5. The fourth-order valence-electron chi connectivity index (χ4n) is 2.96. The van der Waals surface area contributed by atoms with Crippen molar-refractivity contribution in [1.82, 2.24) is 4.31 Å². The van der Waals surface area contributed by atoms with Crippen molar-refractivity contribution in [3.8, 4) is 0 Å². The van der Waals surface area contributed by atoms with Gasteiger partial charge in [-0.15, -0.1) is 0 Å². The molecule has 0 bridgehead atoms. The molecule has 0 radical (unpaired) electrons. The SMILES string of the molecule is Cc1cc(Br)c(S(=O)(=O)N2CCN(c3ccc(Cl)c(Cl)c3)CC2)cc1C. The highest BCUT2D eigenvalue weighted by Crippen LogP contribution is 2.31. The standard InChI is InChI=1S/C18H19BrCl2N2O2S/c1-12-9-15(19)18(10-13(12)2)26(24,25)23-7-5-22(6-8-23)14-3-4-16(20)17(21)11-14/h3-4,9-11H,5-8H2,1-2H3. The summed E-state index contributed by atoms with van der Waals surface area (Å²) in [4.78, 5) is 2.44. The van der Waals surface area contributed by atoms with Crippen LogP contribution in [0.25, 0.3) is 0 Å². The number of aryl methyl sites for hydroxylation is 2. The Balaban J connectivity index is 1.78. The van der Waals surface area contributed by atoms with Gasteiger partial charge in [0.15, 0.2) is 0 Å². The molecule has 140 valence electrons. The summed E-state index contributed by atoms with van der Waals surface area (Å²) in [6, 6.07) is 9.06. The molecule has 0 aliphatic carbocycles. The van der Waals surface area contributed by atoms with Gasteiger partial charge in [-0.2, -0.15) is 4.31 Å². The maximum absolute atomic E-state index is 13.1. The van der Waals surface area contributed by atoms with E-state index in [4.69, 9.17) is 23.2 Å². The second-order valence-electron chi connectivity index (χ2n) is 6.36. The van der Waals surface area contributed by atoms with Crippen LogP contribution >= 0.6 is 39.1 Å². The van der Waals surface area contributed by atoms with Gasteiger partial charge in [0.2, 0.25) is 10.0 Å². The Morgan fingerprint density at radius 1 is 0.923 bits per heavy atom. The number of anilines is 1. The van der Waals surface area contributed by atoms with Gasteiger partial charge in [0.05, 0.1) is 14.9 Å². The Bertz CT molecular complexity index is 942. The molecule has 3 rings (SSSR count). The largest absolute Gasteiger partial charge is 0.369 e. The Hall–Kier alpha value is -0.790. The van der Waals surface area contributed by atoms with Gasteiger partial charge in [0.1, 0.15) is 0 Å². The molecule has 0 spiro atoms. The van der Waals surface area contributed by atoms with Crippen molar-refractivity contribution in [1.29, 1.82) is 0 Å². The number of rotatable bonds is 3. The van der Waals surface area contributed by atoms with Crippen LogP contribution in [0.2, 0.25) is 10.0 Å². The van der Waals surface area contributed by atoms with Crippen LogP contribution in [0.15, 0.2) is 39.7 Å². The Kier molecular flexibility index (Phi) is 5.89. The molecular weight excluding hydrogens is 459 g/mol. The van der Waals surface area contributed by atoms with Crippen LogP contribution in [0.5, 0.6) is 0 Å². The number of hydrogen-bond donors (Lipinski definition) is 0. The maximum Gasteiger partial charge on any atom is 0.244 e. The Labute approximate surface area is 172 Å². The first-order valence-corrected chi connectivity index (χ1v) is 11.2. The average molecular weight is 478 g/mol. The van der Waals surface area contributed by atoms with Gasteiger partial charge in [-0.05, 0) is 71.2 Å². The number of piperazine rings is 1. The normalized spacial score (nSPS) is 16.1. The highest BCUT2D eigenvalue weighted by Gasteiger charge is 2.30. The predicted molar refractivity (Wildman–Crippen MR) is 111 cm³/mol. The minimum Gasteiger partial charge on any atom is -0.369 e. The molecule has 8 heteroatoms. The van der Waals surface area contributed by atoms with Crippen LogP contribution < -0.4 is 4.90 Å². The first kappa shape index (κ1) is 20.0. The molecule has 0 unspecified atom stereocenters. The zero-order valence-corrected chi connectivity index (χ0v) is 18.4. The van der Waals surface area contributed by atoms with Gasteiger partial charge < -0.3 is 4.90 Å². The van der Waals surface area contributed by atoms with Crippen molar-refractivity contribution in [2.75, 3.05) is 31.1 Å². The fraction of sp³-hybridized carbons (Fsp3) is 0.333. The maximum atomic E-state index is 13.1. The molecule has 2 aromatic rings. The Morgan fingerprint density at radius 2 is 1.54 bits per heavy atom. The molecule has 0 aromatic heterocycles. The summed E-state index contributed by atoms with van der Waals surface area (Å²) in [6.07, 6.45) is 0. The molecular formula is C18H19BrCl2N2O2S. The molecule has 26 heavy (non-hydrogen) atoms. The van der Waals surface area contributed by atoms with Crippen molar-refractivity contribution < 1.29 is 8.42 Å². The van der Waals surface area contributed by atoms with E-state index in [1.807, 2.05) is 32.0 Å². The lowest BCUT2D eigenvalue weighted by Crippen LogP contribution is -2.48. The van der Waals surface area contributed by atoms with E-state index in [1.54, 1.807) is 12.1 Å². The van der Waals surface area contributed by atoms with E-state index in [0.717, 1.165) is 16.8 Å². The topological polar surface area (TPSA) is 40.6 Å². The first-order valence-electron chi connectivity index (χ1n) is 8.17. The number of nitrogens with zero attached hydrogens (tertiary/aromatic N) is 2. The van der Waals surface area contributed by atoms with E-state index in [1.165, 1.54) is 4.31 Å². The van der Waals surface area contributed by atoms with Crippen LogP contribution in [-0.2, 0) is 10.0 Å². The van der Waals surface area contributed by atoms with Gasteiger partial charge in [0.25, 0.3) is 0 Å². The monoisotopic (exact) mass is 476 g/mol. The van der Waals surface area contributed by atoms with E-state index < -0.39 is 10.0 Å². The number of halogens is 3. The molecule has 0 N–H and O–H groups in total. The van der Waals surface area contributed by atoms with Crippen LogP contribution in [0, 0.1) is 13.8 Å². The van der Waals surface area contributed by atoms with E-state index in [9.17, 15) is 8.42 Å². The lowest BCUT2D eigenvalue weighted by molar-refractivity contribution is 0.384. The quantitative estimate of drug-likeness (QED) is 0.632. The second kappa shape index (κ2) is 7.68. The van der Waals surface area contributed by atoms with Gasteiger partial charge in [0, 0.05) is 36.3 Å². The summed E-state index contributed by atoms with van der Waals surface area (Å²) in [5.41, 5.74) is 2.96. The minimum absolute atomic E-state index is 0.323. The van der Waals surface area contributed by atoms with Crippen molar-refractivity contribution in [2.24, 2.45) is 0 Å². The molecule has 0 amide bonds. The highest BCUT2D eigenvalue weighted by atomic mass is 79.9. The van der Waals surface area contributed by atoms with Crippen LogP contribution in [0.1, 0.15) is 11.1 Å². The molecule has 0 saturated carbocycles. The van der Waals surface area contributed by atoms with Crippen molar-refractivity contribution in [3.05, 3.63) is 56.0 Å².